The first-order chi connectivity index (χ1) is 11.7. The molecule has 0 unspecified atom stereocenters. The van der Waals surface area contributed by atoms with Crippen LogP contribution >= 0.6 is 0 Å². The predicted octanol–water partition coefficient (Wildman–Crippen LogP) is 4.08. The van der Waals surface area contributed by atoms with E-state index in [-0.39, 0.29) is 23.0 Å². The molecule has 0 aliphatic carbocycles. The van der Waals surface area contributed by atoms with Gasteiger partial charge in [-0.3, -0.25) is 4.68 Å². The van der Waals surface area contributed by atoms with Crippen LogP contribution in [0.4, 0.5) is 22.0 Å². The van der Waals surface area contributed by atoms with Crippen LogP contribution in [0.3, 0.4) is 0 Å². The Balaban J connectivity index is 2.17. The van der Waals surface area contributed by atoms with E-state index < -0.39 is 35.0 Å². The van der Waals surface area contributed by atoms with Crippen LogP contribution in [0.5, 0.6) is 0 Å². The number of fused-ring (bicyclic) bond motifs is 1. The molecule has 4 nitrogen and oxygen atoms in total. The van der Waals surface area contributed by atoms with Crippen molar-refractivity contribution in [3.05, 3.63) is 64.9 Å². The lowest BCUT2D eigenvalue weighted by atomic mass is 10.1. The second-order valence-corrected chi connectivity index (χ2v) is 5.28. The third kappa shape index (κ3) is 3.17. The maximum Gasteiger partial charge on any atom is 0.416 e. The number of carboxylic acids is 1. The van der Waals surface area contributed by atoms with Crippen molar-refractivity contribution in [2.45, 2.75) is 12.7 Å². The minimum Gasteiger partial charge on any atom is -0.476 e. The summed E-state index contributed by atoms with van der Waals surface area (Å²) in [7, 11) is 0. The molecular weight excluding hydrogens is 347 g/mol. The van der Waals surface area contributed by atoms with Crippen LogP contribution in [-0.2, 0) is 12.7 Å². The molecule has 0 fully saturated rings. The van der Waals surface area contributed by atoms with Crippen LogP contribution < -0.4 is 0 Å². The van der Waals surface area contributed by atoms with E-state index in [0.29, 0.717) is 6.07 Å². The molecule has 1 N–H and O–H groups in total. The van der Waals surface area contributed by atoms with Gasteiger partial charge in [0.2, 0.25) is 0 Å². The maximum atomic E-state index is 13.8. The molecule has 3 rings (SSSR count). The first kappa shape index (κ1) is 16.9. The molecule has 130 valence electrons. The number of halogens is 5. The summed E-state index contributed by atoms with van der Waals surface area (Å²) >= 11 is 0. The van der Waals surface area contributed by atoms with Gasteiger partial charge < -0.3 is 5.11 Å². The number of aromatic carboxylic acids is 1. The van der Waals surface area contributed by atoms with Gasteiger partial charge in [0.15, 0.2) is 5.69 Å². The highest BCUT2D eigenvalue weighted by atomic mass is 19.4. The van der Waals surface area contributed by atoms with Crippen molar-refractivity contribution in [2.24, 2.45) is 0 Å². The number of benzene rings is 2. The molecule has 0 radical (unpaired) electrons. The molecule has 0 atom stereocenters. The van der Waals surface area contributed by atoms with Gasteiger partial charge in [0, 0.05) is 17.0 Å². The Labute approximate surface area is 137 Å². The van der Waals surface area contributed by atoms with Gasteiger partial charge in [0.25, 0.3) is 0 Å². The largest absolute Gasteiger partial charge is 0.476 e. The third-order valence-electron chi connectivity index (χ3n) is 3.62. The minimum atomic E-state index is -4.63. The second-order valence-electron chi connectivity index (χ2n) is 5.28. The molecule has 1 heterocycles. The Bertz CT molecular complexity index is 979. The first-order valence-corrected chi connectivity index (χ1v) is 6.92. The van der Waals surface area contributed by atoms with Crippen molar-refractivity contribution in [3.8, 4) is 0 Å². The zero-order chi connectivity index (χ0) is 18.4. The fourth-order valence-corrected chi connectivity index (χ4v) is 2.44. The highest BCUT2D eigenvalue weighted by Gasteiger charge is 2.31. The van der Waals surface area contributed by atoms with E-state index in [4.69, 9.17) is 5.11 Å². The van der Waals surface area contributed by atoms with Crippen molar-refractivity contribution in [3.63, 3.8) is 0 Å². The van der Waals surface area contributed by atoms with Gasteiger partial charge in [-0.2, -0.15) is 18.3 Å². The number of aromatic nitrogens is 2. The van der Waals surface area contributed by atoms with E-state index in [1.807, 2.05) is 0 Å². The molecule has 25 heavy (non-hydrogen) atoms. The first-order valence-electron chi connectivity index (χ1n) is 6.92. The van der Waals surface area contributed by atoms with E-state index in [1.165, 1.54) is 0 Å². The lowest BCUT2D eigenvalue weighted by molar-refractivity contribution is -0.137. The standard InChI is InChI=1S/C16H9F5N2O2/c17-10-3-1-8(12(18)6-10)7-23-13-5-9(16(19,20)21)2-4-11(13)14(22-23)15(24)25/h1-6H,7H2,(H,24,25). The molecule has 0 saturated carbocycles. The van der Waals surface area contributed by atoms with E-state index in [9.17, 15) is 26.7 Å². The zero-order valence-corrected chi connectivity index (χ0v) is 12.3. The molecule has 1 aromatic heterocycles. The van der Waals surface area contributed by atoms with Crippen LogP contribution in [0.1, 0.15) is 21.6 Å². The highest BCUT2D eigenvalue weighted by molar-refractivity contribution is 6.01. The Morgan fingerprint density at radius 2 is 1.84 bits per heavy atom. The number of rotatable bonds is 3. The summed E-state index contributed by atoms with van der Waals surface area (Å²) in [6, 6.07) is 5.23. The van der Waals surface area contributed by atoms with Crippen molar-refractivity contribution in [1.29, 1.82) is 0 Å². The Kier molecular flexibility index (Phi) is 3.94. The van der Waals surface area contributed by atoms with Gasteiger partial charge in [-0.1, -0.05) is 6.07 Å². The monoisotopic (exact) mass is 356 g/mol. The summed E-state index contributed by atoms with van der Waals surface area (Å²) in [6.45, 7) is -0.350. The van der Waals surface area contributed by atoms with Gasteiger partial charge in [0.05, 0.1) is 17.6 Å². The summed E-state index contributed by atoms with van der Waals surface area (Å²) < 4.78 is 66.4. The molecule has 3 aromatic rings. The number of hydrogen-bond donors (Lipinski definition) is 1. The van der Waals surface area contributed by atoms with Gasteiger partial charge in [-0.05, 0) is 24.3 Å². The summed E-state index contributed by atoms with van der Waals surface area (Å²) in [5, 5.41) is 12.9. The van der Waals surface area contributed by atoms with E-state index in [0.717, 1.165) is 35.0 Å². The average Bonchev–Trinajstić information content (AvgIpc) is 2.87. The maximum absolute atomic E-state index is 13.8. The van der Waals surface area contributed by atoms with Crippen LogP contribution in [0.25, 0.3) is 10.9 Å². The number of nitrogens with zero attached hydrogens (tertiary/aromatic N) is 2. The summed E-state index contributed by atoms with van der Waals surface area (Å²) in [6.07, 6.45) is -4.63. The van der Waals surface area contributed by atoms with Crippen molar-refractivity contribution < 1.29 is 31.9 Å². The lowest BCUT2D eigenvalue weighted by Gasteiger charge is -2.08. The fraction of sp³-hybridized carbons (Fsp3) is 0.125. The number of alkyl halides is 3. The van der Waals surface area contributed by atoms with Crippen molar-refractivity contribution in [2.75, 3.05) is 0 Å². The molecule has 0 aliphatic heterocycles. The lowest BCUT2D eigenvalue weighted by Crippen LogP contribution is -2.07. The molecular formula is C16H9F5N2O2. The molecule has 9 heteroatoms. The molecule has 0 aliphatic rings. The van der Waals surface area contributed by atoms with Crippen LogP contribution in [0, 0.1) is 11.6 Å². The van der Waals surface area contributed by atoms with E-state index in [2.05, 4.69) is 5.10 Å². The number of hydrogen-bond acceptors (Lipinski definition) is 2. The molecule has 2 aromatic carbocycles. The fourth-order valence-electron chi connectivity index (χ4n) is 2.44. The number of carboxylic acid groups (broad SMARTS) is 1. The molecule has 0 amide bonds. The van der Waals surface area contributed by atoms with Gasteiger partial charge in [-0.25, -0.2) is 13.6 Å². The van der Waals surface area contributed by atoms with Crippen LogP contribution in [0.15, 0.2) is 36.4 Å². The Morgan fingerprint density at radius 1 is 1.12 bits per heavy atom. The summed E-state index contributed by atoms with van der Waals surface area (Å²) in [4.78, 5) is 11.3. The van der Waals surface area contributed by atoms with Crippen molar-refractivity contribution >= 4 is 16.9 Å². The predicted molar refractivity (Wildman–Crippen MR) is 77.2 cm³/mol. The average molecular weight is 356 g/mol. The molecule has 0 spiro atoms. The van der Waals surface area contributed by atoms with Gasteiger partial charge >= 0.3 is 12.1 Å². The summed E-state index contributed by atoms with van der Waals surface area (Å²) in [5.74, 6) is -3.15. The SMILES string of the molecule is O=C(O)c1nn(Cc2ccc(F)cc2F)c2cc(C(F)(F)F)ccc12. The topological polar surface area (TPSA) is 55.1 Å². The summed E-state index contributed by atoms with van der Waals surface area (Å²) in [5.41, 5.74) is -1.60. The molecule has 0 bridgehead atoms. The van der Waals surface area contributed by atoms with Gasteiger partial charge in [-0.15, -0.1) is 0 Å². The third-order valence-corrected chi connectivity index (χ3v) is 3.62. The van der Waals surface area contributed by atoms with E-state index >= 15 is 0 Å². The Hall–Kier alpha value is -2.97. The smallest absolute Gasteiger partial charge is 0.416 e. The quantitative estimate of drug-likeness (QED) is 0.720. The van der Waals surface area contributed by atoms with Crippen LogP contribution in [-0.4, -0.2) is 20.9 Å². The number of carbonyl (C=O) groups is 1. The highest BCUT2D eigenvalue weighted by Crippen LogP contribution is 2.32. The zero-order valence-electron chi connectivity index (χ0n) is 12.3. The second kappa shape index (κ2) is 5.83. The molecule has 0 saturated heterocycles. The Morgan fingerprint density at radius 3 is 2.44 bits per heavy atom. The normalized spacial score (nSPS) is 11.9. The van der Waals surface area contributed by atoms with E-state index in [1.54, 1.807) is 0 Å². The van der Waals surface area contributed by atoms with Crippen molar-refractivity contribution in [1.82, 2.24) is 9.78 Å². The van der Waals surface area contributed by atoms with Crippen LogP contribution in [0.2, 0.25) is 0 Å². The minimum absolute atomic E-state index is 0.0111. The van der Waals surface area contributed by atoms with Gasteiger partial charge in [0.1, 0.15) is 11.6 Å².